The first-order chi connectivity index (χ1) is 7.80. The van der Waals surface area contributed by atoms with Crippen molar-refractivity contribution in [3.63, 3.8) is 0 Å². The molecule has 2 heteroatoms. The van der Waals surface area contributed by atoms with Crippen LogP contribution in [0.3, 0.4) is 0 Å². The van der Waals surface area contributed by atoms with E-state index < -0.39 is 5.60 Å². The Kier molecular flexibility index (Phi) is 2.49. The van der Waals surface area contributed by atoms with Gasteiger partial charge >= 0.3 is 0 Å². The first-order valence-electron chi connectivity index (χ1n) is 6.30. The van der Waals surface area contributed by atoms with Crippen molar-refractivity contribution >= 4 is 0 Å². The van der Waals surface area contributed by atoms with E-state index in [-0.39, 0.29) is 0 Å². The molecule has 2 N–H and O–H groups in total. The maximum absolute atomic E-state index is 10.6. The molecule has 0 spiro atoms. The molecule has 2 nitrogen and oxygen atoms in total. The zero-order chi connectivity index (χ0) is 11.0. The van der Waals surface area contributed by atoms with Crippen molar-refractivity contribution in [2.24, 2.45) is 5.92 Å². The average molecular weight is 217 g/mol. The summed E-state index contributed by atoms with van der Waals surface area (Å²) in [6, 6.07) is 10.9. The highest BCUT2D eigenvalue weighted by Crippen LogP contribution is 2.45. The lowest BCUT2D eigenvalue weighted by molar-refractivity contribution is -0.0580. The fourth-order valence-electron chi connectivity index (χ4n) is 3.22. The highest BCUT2D eigenvalue weighted by atomic mass is 16.3. The van der Waals surface area contributed by atoms with Gasteiger partial charge < -0.3 is 10.4 Å². The minimum atomic E-state index is -0.397. The molecule has 2 aliphatic rings. The van der Waals surface area contributed by atoms with E-state index in [1.54, 1.807) is 0 Å². The molecular formula is C14H19NO. The zero-order valence-corrected chi connectivity index (χ0v) is 9.52. The van der Waals surface area contributed by atoms with Gasteiger partial charge in [-0.05, 0) is 18.4 Å². The van der Waals surface area contributed by atoms with Crippen molar-refractivity contribution in [1.29, 1.82) is 0 Å². The lowest BCUT2D eigenvalue weighted by atomic mass is 9.73. The molecule has 1 aromatic rings. The van der Waals surface area contributed by atoms with Gasteiger partial charge in [0.1, 0.15) is 0 Å². The molecule has 2 atom stereocenters. The zero-order valence-electron chi connectivity index (χ0n) is 9.52. The highest BCUT2D eigenvalue weighted by Gasteiger charge is 2.48. The third kappa shape index (κ3) is 1.57. The number of rotatable bonds is 2. The fraction of sp³-hybridized carbons (Fsp3) is 0.571. The normalized spacial score (nSPS) is 32.3. The predicted octanol–water partition coefficient (Wildman–Crippen LogP) is 2.25. The molecule has 1 aliphatic heterocycles. The van der Waals surface area contributed by atoms with Gasteiger partial charge in [-0.3, -0.25) is 0 Å². The van der Waals surface area contributed by atoms with Crippen molar-refractivity contribution in [3.05, 3.63) is 35.9 Å². The van der Waals surface area contributed by atoms with Crippen molar-refractivity contribution in [2.75, 3.05) is 6.54 Å². The molecule has 1 aliphatic carbocycles. The van der Waals surface area contributed by atoms with Crippen molar-refractivity contribution in [1.82, 2.24) is 5.32 Å². The summed E-state index contributed by atoms with van der Waals surface area (Å²) >= 11 is 0. The van der Waals surface area contributed by atoms with Gasteiger partial charge in [-0.15, -0.1) is 0 Å². The summed E-state index contributed by atoms with van der Waals surface area (Å²) in [5, 5.41) is 14.1. The molecule has 1 saturated heterocycles. The third-order valence-corrected chi connectivity index (χ3v) is 4.28. The van der Waals surface area contributed by atoms with Gasteiger partial charge in [0.2, 0.25) is 0 Å². The van der Waals surface area contributed by atoms with Crippen LogP contribution in [-0.4, -0.2) is 17.3 Å². The van der Waals surface area contributed by atoms with Gasteiger partial charge in [0.05, 0.1) is 5.60 Å². The quantitative estimate of drug-likeness (QED) is 0.796. The second-order valence-electron chi connectivity index (χ2n) is 5.21. The Labute approximate surface area is 96.7 Å². The Morgan fingerprint density at radius 2 is 1.81 bits per heavy atom. The van der Waals surface area contributed by atoms with E-state index in [2.05, 4.69) is 29.6 Å². The van der Waals surface area contributed by atoms with E-state index in [1.807, 2.05) is 6.07 Å². The van der Waals surface area contributed by atoms with Gasteiger partial charge in [-0.1, -0.05) is 43.2 Å². The molecule has 0 bridgehead atoms. The standard InChI is InChI=1S/C14H19NO/c16-14(8-4-5-9-14)12-10-15-13(12)11-6-2-1-3-7-11/h1-3,6-7,12-13,15-16H,4-5,8-10H2/t12-,13+/m0/s1. The third-order valence-electron chi connectivity index (χ3n) is 4.28. The SMILES string of the molecule is OC1([C@H]2CN[C@@H]2c2ccccc2)CCCC1. The summed E-state index contributed by atoms with van der Waals surface area (Å²) < 4.78 is 0. The van der Waals surface area contributed by atoms with Crippen LogP contribution in [0, 0.1) is 5.92 Å². The minimum absolute atomic E-state index is 0.365. The highest BCUT2D eigenvalue weighted by molar-refractivity contribution is 5.24. The van der Waals surface area contributed by atoms with Crippen LogP contribution in [0.1, 0.15) is 37.3 Å². The van der Waals surface area contributed by atoms with Gasteiger partial charge in [-0.2, -0.15) is 0 Å². The molecule has 0 aromatic heterocycles. The van der Waals surface area contributed by atoms with E-state index >= 15 is 0 Å². The van der Waals surface area contributed by atoms with Crippen LogP contribution >= 0.6 is 0 Å². The molecule has 0 radical (unpaired) electrons. The smallest absolute Gasteiger partial charge is 0.0706 e. The molecule has 3 rings (SSSR count). The van der Waals surface area contributed by atoms with Crippen LogP contribution in [-0.2, 0) is 0 Å². The summed E-state index contributed by atoms with van der Waals surface area (Å²) in [6.07, 6.45) is 4.36. The molecule has 86 valence electrons. The maximum atomic E-state index is 10.6. The van der Waals surface area contributed by atoms with Gasteiger partial charge in [-0.25, -0.2) is 0 Å². The molecule has 1 heterocycles. The topological polar surface area (TPSA) is 32.3 Å². The summed E-state index contributed by atoms with van der Waals surface area (Å²) in [7, 11) is 0. The van der Waals surface area contributed by atoms with Crippen LogP contribution in [0.25, 0.3) is 0 Å². The molecule has 0 unspecified atom stereocenters. The summed E-state index contributed by atoms with van der Waals surface area (Å²) in [4.78, 5) is 0. The summed E-state index contributed by atoms with van der Waals surface area (Å²) in [5.74, 6) is 0.414. The summed E-state index contributed by atoms with van der Waals surface area (Å²) in [5.41, 5.74) is 0.922. The number of hydrogen-bond acceptors (Lipinski definition) is 2. The second-order valence-corrected chi connectivity index (χ2v) is 5.21. The Hall–Kier alpha value is -0.860. The van der Waals surface area contributed by atoms with Crippen LogP contribution in [0.5, 0.6) is 0 Å². The minimum Gasteiger partial charge on any atom is -0.389 e. The molecule has 1 aromatic carbocycles. The van der Waals surface area contributed by atoms with Crippen LogP contribution in [0.4, 0.5) is 0 Å². The molecule has 16 heavy (non-hydrogen) atoms. The van der Waals surface area contributed by atoms with Crippen LogP contribution in [0.2, 0.25) is 0 Å². The van der Waals surface area contributed by atoms with Gasteiger partial charge in [0.25, 0.3) is 0 Å². The van der Waals surface area contributed by atoms with Crippen molar-refractivity contribution in [2.45, 2.75) is 37.3 Å². The molecule has 2 fully saturated rings. The Bertz CT molecular complexity index is 356. The van der Waals surface area contributed by atoms with Crippen molar-refractivity contribution < 1.29 is 5.11 Å². The molecular weight excluding hydrogens is 198 g/mol. The molecule has 1 saturated carbocycles. The van der Waals surface area contributed by atoms with Crippen LogP contribution in [0.15, 0.2) is 30.3 Å². The lowest BCUT2D eigenvalue weighted by Crippen LogP contribution is -2.56. The first-order valence-corrected chi connectivity index (χ1v) is 6.30. The van der Waals surface area contributed by atoms with E-state index in [0.29, 0.717) is 12.0 Å². The second kappa shape index (κ2) is 3.86. The predicted molar refractivity (Wildman–Crippen MR) is 64.1 cm³/mol. The first kappa shape index (κ1) is 10.3. The van der Waals surface area contributed by atoms with E-state index in [9.17, 15) is 5.11 Å². The maximum Gasteiger partial charge on any atom is 0.0706 e. The molecule has 0 amide bonds. The largest absolute Gasteiger partial charge is 0.389 e. The number of benzene rings is 1. The Morgan fingerprint density at radius 1 is 1.12 bits per heavy atom. The summed E-state index contributed by atoms with van der Waals surface area (Å²) in [6.45, 7) is 0.968. The van der Waals surface area contributed by atoms with E-state index in [0.717, 1.165) is 19.4 Å². The lowest BCUT2D eigenvalue weighted by Gasteiger charge is -2.47. The van der Waals surface area contributed by atoms with Crippen LogP contribution < -0.4 is 5.32 Å². The average Bonchev–Trinajstić information content (AvgIpc) is 2.65. The van der Waals surface area contributed by atoms with Gasteiger partial charge in [0.15, 0.2) is 0 Å². The van der Waals surface area contributed by atoms with E-state index in [4.69, 9.17) is 0 Å². The number of nitrogens with one attached hydrogen (secondary N) is 1. The number of aliphatic hydroxyl groups is 1. The Balaban J connectivity index is 1.79. The number of hydrogen-bond donors (Lipinski definition) is 2. The fourth-order valence-corrected chi connectivity index (χ4v) is 3.22. The van der Waals surface area contributed by atoms with Crippen molar-refractivity contribution in [3.8, 4) is 0 Å². The Morgan fingerprint density at radius 3 is 2.38 bits per heavy atom. The van der Waals surface area contributed by atoms with E-state index in [1.165, 1.54) is 18.4 Å². The van der Waals surface area contributed by atoms with Gasteiger partial charge in [0, 0.05) is 18.5 Å². The monoisotopic (exact) mass is 217 g/mol.